The van der Waals surface area contributed by atoms with E-state index >= 15 is 0 Å². The van der Waals surface area contributed by atoms with Crippen LogP contribution in [0.2, 0.25) is 0 Å². The minimum absolute atomic E-state index is 0.115. The lowest BCUT2D eigenvalue weighted by molar-refractivity contribution is -0.126. The highest BCUT2D eigenvalue weighted by molar-refractivity contribution is 6.33. The Morgan fingerprint density at radius 3 is 2.61 bits per heavy atom. The molecule has 1 aromatic rings. The van der Waals surface area contributed by atoms with Crippen LogP contribution in [0.5, 0.6) is 0 Å². The number of nitrogens with zero attached hydrogens (tertiary/aromatic N) is 4. The van der Waals surface area contributed by atoms with Crippen molar-refractivity contribution < 1.29 is 23.3 Å². The summed E-state index contributed by atoms with van der Waals surface area (Å²) in [7, 11) is 0. The summed E-state index contributed by atoms with van der Waals surface area (Å²) < 4.78 is 18.7. The molecule has 0 saturated carbocycles. The van der Waals surface area contributed by atoms with Crippen LogP contribution in [0, 0.1) is 13.8 Å². The molecule has 4 amide bonds. The predicted octanol–water partition coefficient (Wildman–Crippen LogP) is 2.13. The number of hydrogen-bond acceptors (Lipinski definition) is 5. The van der Waals surface area contributed by atoms with Crippen molar-refractivity contribution in [3.05, 3.63) is 40.8 Å². The molecule has 2 aliphatic heterocycles. The molecule has 0 aromatic carbocycles. The van der Waals surface area contributed by atoms with E-state index in [4.69, 9.17) is 4.52 Å². The second kappa shape index (κ2) is 6.81. The molecular weight excluding hydrogens is 367 g/mol. The first-order valence-corrected chi connectivity index (χ1v) is 9.09. The van der Waals surface area contributed by atoms with Gasteiger partial charge in [-0.05, 0) is 44.9 Å². The number of imide groups is 1. The maximum atomic E-state index is 13.6. The first-order chi connectivity index (χ1) is 13.4. The number of likely N-dealkylation sites (tertiary alicyclic amines) is 1. The average Bonchev–Trinajstić information content (AvgIpc) is 3.01. The summed E-state index contributed by atoms with van der Waals surface area (Å²) in [6, 6.07) is -1.03. The van der Waals surface area contributed by atoms with Crippen LogP contribution in [0.25, 0.3) is 0 Å². The van der Waals surface area contributed by atoms with Crippen LogP contribution in [0.3, 0.4) is 0 Å². The van der Waals surface area contributed by atoms with Crippen LogP contribution in [-0.2, 0) is 4.79 Å². The Hall–Kier alpha value is -3.10. The molecule has 0 spiro atoms. The zero-order valence-corrected chi connectivity index (χ0v) is 15.5. The molecule has 3 aliphatic rings. The lowest BCUT2D eigenvalue weighted by atomic mass is 9.96. The van der Waals surface area contributed by atoms with Crippen molar-refractivity contribution in [3.8, 4) is 0 Å². The van der Waals surface area contributed by atoms with Gasteiger partial charge in [-0.15, -0.1) is 0 Å². The third kappa shape index (κ3) is 2.96. The smallest absolute Gasteiger partial charge is 0.351 e. The summed E-state index contributed by atoms with van der Waals surface area (Å²) in [5.74, 6) is -0.241. The van der Waals surface area contributed by atoms with Gasteiger partial charge in [-0.2, -0.15) is 4.99 Å². The molecule has 146 valence electrons. The number of rotatable bonds is 2. The highest BCUT2D eigenvalue weighted by Crippen LogP contribution is 2.27. The Balaban J connectivity index is 1.48. The van der Waals surface area contributed by atoms with E-state index in [1.54, 1.807) is 18.7 Å². The van der Waals surface area contributed by atoms with Gasteiger partial charge in [-0.3, -0.25) is 14.5 Å². The summed E-state index contributed by atoms with van der Waals surface area (Å²) in [6.45, 7) is 4.16. The highest BCUT2D eigenvalue weighted by atomic mass is 19.1. The van der Waals surface area contributed by atoms with Crippen molar-refractivity contribution in [2.24, 2.45) is 4.99 Å². The third-order valence-corrected chi connectivity index (χ3v) is 5.28. The summed E-state index contributed by atoms with van der Waals surface area (Å²) in [5.41, 5.74) is 1.30. The number of alkyl halides is 1. The molecule has 8 nitrogen and oxygen atoms in total. The Morgan fingerprint density at radius 2 is 1.96 bits per heavy atom. The van der Waals surface area contributed by atoms with Gasteiger partial charge in [0.2, 0.25) is 0 Å². The lowest BCUT2D eigenvalue weighted by Crippen LogP contribution is -2.53. The predicted molar refractivity (Wildman–Crippen MR) is 96.7 cm³/mol. The summed E-state index contributed by atoms with van der Waals surface area (Å²) in [6.07, 6.45) is 3.27. The topological polar surface area (TPSA) is 96.1 Å². The number of aliphatic imine (C=N–C) groups is 1. The van der Waals surface area contributed by atoms with Crippen molar-refractivity contribution in [2.45, 2.75) is 38.9 Å². The van der Waals surface area contributed by atoms with Gasteiger partial charge in [-0.1, -0.05) is 5.16 Å². The van der Waals surface area contributed by atoms with E-state index in [1.165, 1.54) is 18.2 Å². The average molecular weight is 386 g/mol. The van der Waals surface area contributed by atoms with Gasteiger partial charge in [0.1, 0.15) is 17.5 Å². The van der Waals surface area contributed by atoms with Gasteiger partial charge in [-0.25, -0.2) is 9.18 Å². The van der Waals surface area contributed by atoms with E-state index in [0.717, 1.165) is 4.90 Å². The number of fused-ring (bicyclic) bond motifs is 1. The number of hydrogen-bond donors (Lipinski definition) is 0. The number of piperidine rings is 1. The van der Waals surface area contributed by atoms with Crippen LogP contribution in [0.1, 0.15) is 34.7 Å². The molecule has 1 atom stereocenters. The number of aryl methyl sites for hydroxylation is 2. The quantitative estimate of drug-likeness (QED) is 0.776. The molecule has 1 aromatic heterocycles. The van der Waals surface area contributed by atoms with E-state index in [1.807, 2.05) is 0 Å². The molecule has 1 saturated heterocycles. The highest BCUT2D eigenvalue weighted by Gasteiger charge is 2.40. The molecule has 28 heavy (non-hydrogen) atoms. The normalized spacial score (nSPS) is 22.9. The van der Waals surface area contributed by atoms with E-state index in [0.29, 0.717) is 42.9 Å². The molecular formula is C19H19FN4O4. The van der Waals surface area contributed by atoms with Gasteiger partial charge >= 0.3 is 6.03 Å². The Morgan fingerprint density at radius 1 is 1.25 bits per heavy atom. The maximum absolute atomic E-state index is 13.6. The van der Waals surface area contributed by atoms with Gasteiger partial charge in [0.05, 0.1) is 17.0 Å². The first-order valence-electron chi connectivity index (χ1n) is 9.09. The van der Waals surface area contributed by atoms with Crippen molar-refractivity contribution in [1.82, 2.24) is 15.0 Å². The summed E-state index contributed by atoms with van der Waals surface area (Å²) >= 11 is 0. The van der Waals surface area contributed by atoms with E-state index in [-0.39, 0.29) is 23.2 Å². The van der Waals surface area contributed by atoms with Gasteiger partial charge in [0, 0.05) is 19.1 Å². The summed E-state index contributed by atoms with van der Waals surface area (Å²) in [5, 5.41) is 3.81. The standard InChI is InChI=1S/C19H19FN4O4/c1-10-16(11(2)28-22-10)18(26)23-7-5-13(6-8-23)24-17(25)14-9-12(20)3-4-15(14)21-19(24)27/h3-4,9,12-13H,5-8H2,1-2H3. The van der Waals surface area contributed by atoms with Gasteiger partial charge < -0.3 is 9.42 Å². The number of allylic oxidation sites excluding steroid dienone is 3. The van der Waals surface area contributed by atoms with Crippen LogP contribution in [0.4, 0.5) is 9.18 Å². The van der Waals surface area contributed by atoms with Crippen LogP contribution in [-0.4, -0.2) is 63.8 Å². The molecule has 3 heterocycles. The molecule has 1 fully saturated rings. The first kappa shape index (κ1) is 18.3. The number of amides is 4. The minimum atomic E-state index is -1.37. The fourth-order valence-electron chi connectivity index (χ4n) is 3.82. The van der Waals surface area contributed by atoms with Crippen molar-refractivity contribution in [1.29, 1.82) is 0 Å². The minimum Gasteiger partial charge on any atom is -0.361 e. The van der Waals surface area contributed by atoms with Crippen LogP contribution in [0.15, 0.2) is 33.3 Å². The second-order valence-corrected chi connectivity index (χ2v) is 7.06. The molecule has 1 unspecified atom stereocenters. The molecule has 4 rings (SSSR count). The number of carbonyl (C=O) groups is 3. The van der Waals surface area contributed by atoms with E-state index < -0.39 is 18.1 Å². The zero-order chi connectivity index (χ0) is 20.0. The molecule has 1 aliphatic carbocycles. The lowest BCUT2D eigenvalue weighted by Gasteiger charge is -2.38. The Kier molecular flexibility index (Phi) is 4.44. The fourth-order valence-corrected chi connectivity index (χ4v) is 3.82. The SMILES string of the molecule is Cc1noc(C)c1C(=O)N1CCC(N2C(=O)N=C3C=CC(F)C=C3C2=O)CC1. The van der Waals surface area contributed by atoms with E-state index in [9.17, 15) is 18.8 Å². The molecule has 0 bridgehead atoms. The van der Waals surface area contributed by atoms with E-state index in [2.05, 4.69) is 10.1 Å². The fraction of sp³-hybridized carbons (Fsp3) is 0.421. The largest absolute Gasteiger partial charge is 0.361 e. The van der Waals surface area contributed by atoms with Crippen molar-refractivity contribution >= 4 is 23.6 Å². The number of aromatic nitrogens is 1. The van der Waals surface area contributed by atoms with Gasteiger partial charge in [0.25, 0.3) is 11.8 Å². The van der Waals surface area contributed by atoms with Crippen molar-refractivity contribution in [2.75, 3.05) is 13.1 Å². The number of carbonyl (C=O) groups excluding carboxylic acids is 3. The van der Waals surface area contributed by atoms with Crippen molar-refractivity contribution in [3.63, 3.8) is 0 Å². The van der Waals surface area contributed by atoms with Gasteiger partial charge in [0.15, 0.2) is 0 Å². The number of halogens is 1. The third-order valence-electron chi connectivity index (χ3n) is 5.28. The molecule has 9 heteroatoms. The molecule has 0 N–H and O–H groups in total. The monoisotopic (exact) mass is 386 g/mol. The number of urea groups is 1. The summed E-state index contributed by atoms with van der Waals surface area (Å²) in [4.78, 5) is 44.6. The zero-order valence-electron chi connectivity index (χ0n) is 15.5. The Labute approximate surface area is 160 Å². The second-order valence-electron chi connectivity index (χ2n) is 7.06. The molecule has 0 radical (unpaired) electrons. The van der Waals surface area contributed by atoms with Crippen LogP contribution < -0.4 is 0 Å². The van der Waals surface area contributed by atoms with Crippen LogP contribution >= 0.6 is 0 Å². The Bertz CT molecular complexity index is 934. The maximum Gasteiger partial charge on any atom is 0.351 e.